The maximum atomic E-state index is 12.1. The molecule has 0 bridgehead atoms. The summed E-state index contributed by atoms with van der Waals surface area (Å²) in [6.45, 7) is 5.14. The smallest absolute Gasteiger partial charge is 0.344 e. The van der Waals surface area contributed by atoms with Gasteiger partial charge in [-0.2, -0.15) is 0 Å². The van der Waals surface area contributed by atoms with Gasteiger partial charge in [-0.3, -0.25) is 4.79 Å². The number of anilines is 1. The molecule has 0 heterocycles. The van der Waals surface area contributed by atoms with Crippen molar-refractivity contribution >= 4 is 17.6 Å². The van der Waals surface area contributed by atoms with Gasteiger partial charge in [-0.25, -0.2) is 4.79 Å². The molecule has 6 heteroatoms. The fraction of sp³-hybridized carbons (Fsp3) is 0.300. The zero-order valence-electron chi connectivity index (χ0n) is 15.4. The number of ether oxygens (including phenoxy) is 3. The van der Waals surface area contributed by atoms with Crippen molar-refractivity contribution < 1.29 is 23.8 Å². The quantitative estimate of drug-likeness (QED) is 0.770. The number of nitrogens with one attached hydrogen (secondary N) is 1. The summed E-state index contributed by atoms with van der Waals surface area (Å²) < 4.78 is 15.6. The van der Waals surface area contributed by atoms with Gasteiger partial charge in [0.15, 0.2) is 12.7 Å². The van der Waals surface area contributed by atoms with Crippen molar-refractivity contribution in [1.82, 2.24) is 0 Å². The number of carbonyl (C=O) groups is 2. The summed E-state index contributed by atoms with van der Waals surface area (Å²) in [4.78, 5) is 24.0. The zero-order valence-corrected chi connectivity index (χ0v) is 15.4. The van der Waals surface area contributed by atoms with E-state index in [9.17, 15) is 9.59 Å². The van der Waals surface area contributed by atoms with E-state index in [0.717, 1.165) is 11.1 Å². The van der Waals surface area contributed by atoms with Gasteiger partial charge in [0.25, 0.3) is 5.91 Å². The van der Waals surface area contributed by atoms with Crippen molar-refractivity contribution in [3.63, 3.8) is 0 Å². The Morgan fingerprint density at radius 2 is 1.62 bits per heavy atom. The molecule has 26 heavy (non-hydrogen) atoms. The molecule has 0 saturated heterocycles. The van der Waals surface area contributed by atoms with Crippen LogP contribution in [-0.4, -0.2) is 31.7 Å². The minimum absolute atomic E-state index is 0.261. The zero-order chi connectivity index (χ0) is 19.1. The lowest BCUT2D eigenvalue weighted by Gasteiger charge is -2.14. The predicted octanol–water partition coefficient (Wildman–Crippen LogP) is 3.26. The topological polar surface area (TPSA) is 73.9 Å². The molecule has 1 atom stereocenters. The third-order valence-corrected chi connectivity index (χ3v) is 3.59. The molecule has 2 aromatic carbocycles. The molecule has 0 radical (unpaired) electrons. The summed E-state index contributed by atoms with van der Waals surface area (Å²) in [5.74, 6) is 0.247. The van der Waals surface area contributed by atoms with Gasteiger partial charge in [-0.15, -0.1) is 0 Å². The molecule has 0 aromatic heterocycles. The van der Waals surface area contributed by atoms with E-state index in [2.05, 4.69) is 5.32 Å². The number of amides is 1. The van der Waals surface area contributed by atoms with Crippen LogP contribution in [0.4, 0.5) is 5.69 Å². The third kappa shape index (κ3) is 5.81. The predicted molar refractivity (Wildman–Crippen MR) is 98.6 cm³/mol. The van der Waals surface area contributed by atoms with E-state index in [4.69, 9.17) is 14.2 Å². The minimum Gasteiger partial charge on any atom is -0.497 e. The summed E-state index contributed by atoms with van der Waals surface area (Å²) >= 11 is 0. The normalized spacial score (nSPS) is 11.4. The molecule has 0 spiro atoms. The Morgan fingerprint density at radius 1 is 1.00 bits per heavy atom. The fourth-order valence-corrected chi connectivity index (χ4v) is 2.36. The van der Waals surface area contributed by atoms with Crippen LogP contribution in [0.15, 0.2) is 42.5 Å². The number of aryl methyl sites for hydroxylation is 2. The molecule has 1 amide bonds. The monoisotopic (exact) mass is 357 g/mol. The first-order chi connectivity index (χ1) is 12.4. The third-order valence-electron chi connectivity index (χ3n) is 3.59. The highest BCUT2D eigenvalue weighted by atomic mass is 16.6. The molecule has 138 valence electrons. The second-order valence-corrected chi connectivity index (χ2v) is 5.96. The lowest BCUT2D eigenvalue weighted by Crippen LogP contribution is -2.31. The first-order valence-electron chi connectivity index (χ1n) is 8.23. The van der Waals surface area contributed by atoms with Gasteiger partial charge in [0, 0.05) is 5.69 Å². The van der Waals surface area contributed by atoms with Crippen LogP contribution in [0.2, 0.25) is 0 Å². The molecule has 2 rings (SSSR count). The first kappa shape index (κ1) is 19.3. The van der Waals surface area contributed by atoms with Gasteiger partial charge < -0.3 is 19.5 Å². The number of rotatable bonds is 7. The lowest BCUT2D eigenvalue weighted by atomic mass is 10.1. The van der Waals surface area contributed by atoms with Gasteiger partial charge in [0.05, 0.1) is 7.11 Å². The Balaban J connectivity index is 1.82. The number of carbonyl (C=O) groups excluding carboxylic acids is 2. The molecule has 1 N–H and O–H groups in total. The Morgan fingerprint density at radius 3 is 2.19 bits per heavy atom. The van der Waals surface area contributed by atoms with Crippen LogP contribution in [0.5, 0.6) is 11.5 Å². The van der Waals surface area contributed by atoms with Gasteiger partial charge in [0.2, 0.25) is 0 Å². The largest absolute Gasteiger partial charge is 0.497 e. The summed E-state index contributed by atoms with van der Waals surface area (Å²) in [6, 6.07) is 12.5. The highest BCUT2D eigenvalue weighted by molar-refractivity contribution is 5.95. The van der Waals surface area contributed by atoms with Gasteiger partial charge >= 0.3 is 5.97 Å². The van der Waals surface area contributed by atoms with Crippen molar-refractivity contribution in [3.05, 3.63) is 53.6 Å². The van der Waals surface area contributed by atoms with Crippen LogP contribution in [0.3, 0.4) is 0 Å². The second-order valence-electron chi connectivity index (χ2n) is 5.96. The Kier molecular flexibility index (Phi) is 6.60. The SMILES string of the molecule is COc1ccc(NC(=O)C(C)OC(=O)COc2cc(C)cc(C)c2)cc1. The molecular formula is C20H23NO5. The Bertz CT molecular complexity index is 750. The van der Waals surface area contributed by atoms with Gasteiger partial charge in [-0.05, 0) is 68.3 Å². The highest BCUT2D eigenvalue weighted by Gasteiger charge is 2.18. The van der Waals surface area contributed by atoms with Crippen molar-refractivity contribution in [2.75, 3.05) is 19.0 Å². The summed E-state index contributed by atoms with van der Waals surface area (Å²) in [5.41, 5.74) is 2.67. The molecule has 6 nitrogen and oxygen atoms in total. The Labute approximate surface area is 153 Å². The molecule has 0 aliphatic carbocycles. The molecule has 0 aliphatic rings. The van der Waals surface area contributed by atoms with Crippen molar-refractivity contribution in [2.24, 2.45) is 0 Å². The standard InChI is InChI=1S/C20H23NO5/c1-13-9-14(2)11-18(10-13)25-12-19(22)26-15(3)20(23)21-16-5-7-17(24-4)8-6-16/h5-11,15H,12H2,1-4H3,(H,21,23). The van der Waals surface area contributed by atoms with Crippen molar-refractivity contribution in [1.29, 1.82) is 0 Å². The van der Waals surface area contributed by atoms with E-state index >= 15 is 0 Å². The lowest BCUT2D eigenvalue weighted by molar-refractivity contribution is -0.155. The number of benzene rings is 2. The van der Waals surface area contributed by atoms with Crippen molar-refractivity contribution in [2.45, 2.75) is 26.9 Å². The van der Waals surface area contributed by atoms with E-state index in [1.165, 1.54) is 6.92 Å². The highest BCUT2D eigenvalue weighted by Crippen LogP contribution is 2.17. The van der Waals surface area contributed by atoms with Gasteiger partial charge in [-0.1, -0.05) is 6.07 Å². The molecule has 0 fully saturated rings. The van der Waals surface area contributed by atoms with Gasteiger partial charge in [0.1, 0.15) is 11.5 Å². The number of hydrogen-bond donors (Lipinski definition) is 1. The van der Waals surface area contributed by atoms with E-state index in [0.29, 0.717) is 17.2 Å². The van der Waals surface area contributed by atoms with Crippen molar-refractivity contribution in [3.8, 4) is 11.5 Å². The minimum atomic E-state index is -0.938. The van der Waals surface area contributed by atoms with Crippen LogP contribution in [0.1, 0.15) is 18.1 Å². The van der Waals surface area contributed by atoms with Crippen LogP contribution in [0.25, 0.3) is 0 Å². The van der Waals surface area contributed by atoms with E-state index in [-0.39, 0.29) is 6.61 Å². The summed E-state index contributed by atoms with van der Waals surface area (Å²) in [5, 5.41) is 2.67. The maximum Gasteiger partial charge on any atom is 0.344 e. The van der Waals surface area contributed by atoms with E-state index < -0.39 is 18.0 Å². The van der Waals surface area contributed by atoms with Crippen LogP contribution in [-0.2, 0) is 14.3 Å². The number of esters is 1. The van der Waals surface area contributed by atoms with Crippen LogP contribution in [0, 0.1) is 13.8 Å². The van der Waals surface area contributed by atoms with Crippen LogP contribution < -0.4 is 14.8 Å². The molecule has 0 saturated carbocycles. The first-order valence-corrected chi connectivity index (χ1v) is 8.23. The second kappa shape index (κ2) is 8.89. The van der Waals surface area contributed by atoms with E-state index in [1.54, 1.807) is 31.4 Å². The van der Waals surface area contributed by atoms with Crippen LogP contribution >= 0.6 is 0 Å². The summed E-state index contributed by atoms with van der Waals surface area (Å²) in [7, 11) is 1.56. The average Bonchev–Trinajstić information content (AvgIpc) is 2.59. The summed E-state index contributed by atoms with van der Waals surface area (Å²) in [6.07, 6.45) is -0.938. The molecule has 0 aliphatic heterocycles. The van der Waals surface area contributed by atoms with E-state index in [1.807, 2.05) is 32.0 Å². The Hall–Kier alpha value is -3.02. The molecule has 1 unspecified atom stereocenters. The average molecular weight is 357 g/mol. The number of hydrogen-bond acceptors (Lipinski definition) is 5. The number of methoxy groups -OCH3 is 1. The fourth-order valence-electron chi connectivity index (χ4n) is 2.36. The maximum absolute atomic E-state index is 12.1. The molecular weight excluding hydrogens is 334 g/mol. The molecule has 2 aromatic rings.